The van der Waals surface area contributed by atoms with Crippen LogP contribution in [0.25, 0.3) is 0 Å². The highest BCUT2D eigenvalue weighted by Crippen LogP contribution is 2.18. The fourth-order valence-corrected chi connectivity index (χ4v) is 9.34. The van der Waals surface area contributed by atoms with Crippen molar-refractivity contribution >= 4 is 5.91 Å². The lowest BCUT2D eigenvalue weighted by Gasteiger charge is -2.21. The van der Waals surface area contributed by atoms with Crippen LogP contribution in [-0.2, 0) is 4.79 Å². The third kappa shape index (κ3) is 50.4. The molecule has 0 saturated carbocycles. The van der Waals surface area contributed by atoms with Crippen LogP contribution in [0.1, 0.15) is 322 Å². The van der Waals surface area contributed by atoms with Crippen LogP contribution in [0.2, 0.25) is 0 Å². The predicted octanol–water partition coefficient (Wildman–Crippen LogP) is 18.6. The van der Waals surface area contributed by atoms with Gasteiger partial charge in [0.2, 0.25) is 5.91 Å². The monoisotopic (exact) mass is 928 g/mol. The predicted molar refractivity (Wildman–Crippen MR) is 291 cm³/mol. The average Bonchev–Trinajstić information content (AvgIpc) is 3.32. The zero-order valence-electron chi connectivity index (χ0n) is 44.6. The Morgan fingerprint density at radius 3 is 0.924 bits per heavy atom. The maximum absolute atomic E-state index is 12.6. The molecule has 390 valence electrons. The second kappa shape index (κ2) is 56.2. The van der Waals surface area contributed by atoms with E-state index < -0.39 is 24.2 Å². The molecule has 4 N–H and O–H groups in total. The van der Waals surface area contributed by atoms with E-state index in [0.717, 1.165) is 44.9 Å². The van der Waals surface area contributed by atoms with Crippen LogP contribution in [-0.4, -0.2) is 46.1 Å². The van der Waals surface area contributed by atoms with Crippen molar-refractivity contribution in [3.63, 3.8) is 0 Å². The average molecular weight is 929 g/mol. The number of carbonyl (C=O) groups excluding carboxylic acids is 1. The second-order valence-electron chi connectivity index (χ2n) is 20.5. The maximum atomic E-state index is 12.6. The molecule has 0 aromatic heterocycles. The minimum absolute atomic E-state index is 0.379. The van der Waals surface area contributed by atoms with Crippen molar-refractivity contribution in [1.82, 2.24) is 5.32 Å². The molecule has 5 heteroatoms. The Kier molecular flexibility index (Phi) is 54.9. The largest absolute Gasteiger partial charge is 0.394 e. The quantitative estimate of drug-likeness (QED) is 0.0361. The van der Waals surface area contributed by atoms with E-state index >= 15 is 0 Å². The summed E-state index contributed by atoms with van der Waals surface area (Å²) in [6.45, 7) is 4.20. The standard InChI is InChI=1S/C61H117NO4/c1-3-5-7-9-11-13-15-17-19-21-23-25-26-27-28-29-30-31-32-33-34-35-36-38-40-42-44-46-48-50-52-54-56-60(65)61(66)62-58(57-63)59(64)55-53-51-49-47-45-43-41-39-37-24-22-20-18-16-14-12-10-8-6-4-2/h37,39,45,47,53,55,58-60,63-65H,3-36,38,40-44,46,48-52,54,56-57H2,1-2H3,(H,62,66)/b39-37+,47-45+,55-53+. The fourth-order valence-electron chi connectivity index (χ4n) is 9.34. The highest BCUT2D eigenvalue weighted by molar-refractivity contribution is 5.80. The first-order valence-corrected chi connectivity index (χ1v) is 29.8. The Bertz CT molecular complexity index is 1020. The highest BCUT2D eigenvalue weighted by Gasteiger charge is 2.22. The number of unbranched alkanes of at least 4 members (excludes halogenated alkanes) is 43. The van der Waals surface area contributed by atoms with Crippen LogP contribution in [0, 0.1) is 0 Å². The number of nitrogens with one attached hydrogen (secondary N) is 1. The molecule has 0 aromatic carbocycles. The van der Waals surface area contributed by atoms with Crippen molar-refractivity contribution in [2.24, 2.45) is 0 Å². The van der Waals surface area contributed by atoms with Gasteiger partial charge in [-0.05, 0) is 44.9 Å². The summed E-state index contributed by atoms with van der Waals surface area (Å²) in [5.41, 5.74) is 0. The molecule has 3 unspecified atom stereocenters. The van der Waals surface area contributed by atoms with Gasteiger partial charge in [-0.15, -0.1) is 0 Å². The zero-order valence-corrected chi connectivity index (χ0v) is 44.6. The third-order valence-corrected chi connectivity index (χ3v) is 14.0. The molecule has 0 aliphatic heterocycles. The SMILES string of the molecule is CCCCCCCCCCCC/C=C/CC/C=C/CC/C=C/C(O)C(CO)NC(=O)C(O)CCCCCCCCCCCCCCCCCCCCCCCCCCCCCCCCCC. The van der Waals surface area contributed by atoms with Crippen LogP contribution in [0.5, 0.6) is 0 Å². The van der Waals surface area contributed by atoms with E-state index in [1.54, 1.807) is 6.08 Å². The molecule has 0 saturated heterocycles. The first-order valence-electron chi connectivity index (χ1n) is 29.8. The molecule has 0 aliphatic carbocycles. The van der Waals surface area contributed by atoms with E-state index in [1.807, 2.05) is 6.08 Å². The first-order chi connectivity index (χ1) is 32.6. The van der Waals surface area contributed by atoms with E-state index in [9.17, 15) is 20.1 Å². The van der Waals surface area contributed by atoms with Crippen LogP contribution < -0.4 is 5.32 Å². The number of aliphatic hydroxyl groups is 3. The highest BCUT2D eigenvalue weighted by atomic mass is 16.3. The Hall–Kier alpha value is -1.43. The second-order valence-corrected chi connectivity index (χ2v) is 20.5. The number of rotatable bonds is 55. The molecule has 0 spiro atoms. The lowest BCUT2D eigenvalue weighted by Crippen LogP contribution is -2.48. The topological polar surface area (TPSA) is 89.8 Å². The Morgan fingerprint density at radius 1 is 0.364 bits per heavy atom. The van der Waals surface area contributed by atoms with Crippen molar-refractivity contribution in [3.8, 4) is 0 Å². The number of carbonyl (C=O) groups is 1. The fraction of sp³-hybridized carbons (Fsp3) is 0.885. The van der Waals surface area contributed by atoms with Gasteiger partial charge < -0.3 is 20.6 Å². The molecule has 0 heterocycles. The molecular weight excluding hydrogens is 811 g/mol. The van der Waals surface area contributed by atoms with E-state index in [4.69, 9.17) is 0 Å². The van der Waals surface area contributed by atoms with Crippen molar-refractivity contribution in [2.75, 3.05) is 6.61 Å². The van der Waals surface area contributed by atoms with E-state index in [2.05, 4.69) is 43.5 Å². The number of allylic oxidation sites excluding steroid dienone is 5. The molecule has 1 amide bonds. The molecule has 66 heavy (non-hydrogen) atoms. The van der Waals surface area contributed by atoms with Gasteiger partial charge in [0.1, 0.15) is 6.10 Å². The number of amides is 1. The van der Waals surface area contributed by atoms with E-state index in [-0.39, 0.29) is 6.61 Å². The van der Waals surface area contributed by atoms with Crippen molar-refractivity contribution in [1.29, 1.82) is 0 Å². The normalized spacial score (nSPS) is 13.5. The van der Waals surface area contributed by atoms with Gasteiger partial charge in [0.25, 0.3) is 0 Å². The third-order valence-electron chi connectivity index (χ3n) is 14.0. The maximum Gasteiger partial charge on any atom is 0.249 e. The number of aliphatic hydroxyl groups excluding tert-OH is 3. The van der Waals surface area contributed by atoms with Gasteiger partial charge in [-0.3, -0.25) is 4.79 Å². The van der Waals surface area contributed by atoms with Crippen LogP contribution >= 0.6 is 0 Å². The van der Waals surface area contributed by atoms with Crippen molar-refractivity contribution in [3.05, 3.63) is 36.5 Å². The summed E-state index contributed by atoms with van der Waals surface area (Å²) in [7, 11) is 0. The molecule has 5 nitrogen and oxygen atoms in total. The molecule has 0 fully saturated rings. The Morgan fingerprint density at radius 2 is 0.621 bits per heavy atom. The van der Waals surface area contributed by atoms with Gasteiger partial charge in [0, 0.05) is 0 Å². The lowest BCUT2D eigenvalue weighted by atomic mass is 10.0. The van der Waals surface area contributed by atoms with E-state index in [0.29, 0.717) is 6.42 Å². The van der Waals surface area contributed by atoms with Crippen LogP contribution in [0.4, 0.5) is 0 Å². The molecule has 0 rings (SSSR count). The summed E-state index contributed by atoms with van der Waals surface area (Å²) in [5, 5.41) is 33.3. The molecular formula is C61H117NO4. The van der Waals surface area contributed by atoms with Crippen LogP contribution in [0.15, 0.2) is 36.5 Å². The van der Waals surface area contributed by atoms with Gasteiger partial charge >= 0.3 is 0 Å². The summed E-state index contributed by atoms with van der Waals surface area (Å²) in [6, 6.07) is -0.820. The first kappa shape index (κ1) is 64.6. The lowest BCUT2D eigenvalue weighted by molar-refractivity contribution is -0.131. The minimum Gasteiger partial charge on any atom is -0.394 e. The molecule has 0 radical (unpaired) electrons. The molecule has 0 aliphatic rings. The van der Waals surface area contributed by atoms with Gasteiger partial charge in [-0.25, -0.2) is 0 Å². The van der Waals surface area contributed by atoms with Crippen LogP contribution in [0.3, 0.4) is 0 Å². The number of hydrogen-bond donors (Lipinski definition) is 4. The van der Waals surface area contributed by atoms with Gasteiger partial charge in [0.05, 0.1) is 18.8 Å². The Labute approximate surface area is 413 Å². The summed E-state index contributed by atoms with van der Waals surface area (Å²) in [5.74, 6) is -0.511. The summed E-state index contributed by atoms with van der Waals surface area (Å²) >= 11 is 0. The summed E-state index contributed by atoms with van der Waals surface area (Å²) in [6.07, 6.45) is 73.9. The Balaban J connectivity index is 3.54. The van der Waals surface area contributed by atoms with Crippen molar-refractivity contribution < 1.29 is 20.1 Å². The minimum atomic E-state index is -1.11. The molecule has 0 aromatic rings. The molecule has 3 atom stereocenters. The smallest absolute Gasteiger partial charge is 0.249 e. The molecule has 0 bridgehead atoms. The van der Waals surface area contributed by atoms with Gasteiger partial charge in [-0.1, -0.05) is 314 Å². The summed E-state index contributed by atoms with van der Waals surface area (Å²) < 4.78 is 0. The van der Waals surface area contributed by atoms with Gasteiger partial charge in [0.15, 0.2) is 0 Å². The van der Waals surface area contributed by atoms with Crippen molar-refractivity contribution in [2.45, 2.75) is 340 Å². The van der Waals surface area contributed by atoms with Gasteiger partial charge in [-0.2, -0.15) is 0 Å². The van der Waals surface area contributed by atoms with E-state index in [1.165, 1.54) is 257 Å². The number of hydrogen-bond acceptors (Lipinski definition) is 4. The zero-order chi connectivity index (χ0) is 47.9. The summed E-state index contributed by atoms with van der Waals surface area (Å²) in [4.78, 5) is 12.6.